The van der Waals surface area contributed by atoms with Crippen LogP contribution < -0.4 is 4.74 Å². The van der Waals surface area contributed by atoms with E-state index in [9.17, 15) is 23.6 Å². The highest BCUT2D eigenvalue weighted by Crippen LogP contribution is 2.32. The summed E-state index contributed by atoms with van der Waals surface area (Å²) in [6.45, 7) is 5.22. The lowest BCUT2D eigenvalue weighted by molar-refractivity contribution is -0.386. The summed E-state index contributed by atoms with van der Waals surface area (Å²) in [6, 6.07) is 3.67. The van der Waals surface area contributed by atoms with Gasteiger partial charge in [0.15, 0.2) is 5.75 Å². The zero-order valence-corrected chi connectivity index (χ0v) is 17.5. The molecule has 0 amide bonds. The molecule has 1 aromatic rings. The minimum Gasteiger partial charge on any atom is -0.484 e. The summed E-state index contributed by atoms with van der Waals surface area (Å²) in [5.41, 5.74) is -0.413. The number of piperidine rings is 1. The van der Waals surface area contributed by atoms with Gasteiger partial charge in [0.25, 0.3) is 0 Å². The lowest BCUT2D eigenvalue weighted by Crippen LogP contribution is -2.41. The summed E-state index contributed by atoms with van der Waals surface area (Å²) in [6.07, 6.45) is 3.06. The summed E-state index contributed by atoms with van der Waals surface area (Å²) in [7, 11) is -3.75. The molecular weight excluding hydrogens is 398 g/mol. The molecule has 2 atom stereocenters. The Morgan fingerprint density at radius 2 is 2.00 bits per heavy atom. The standard InChI is InChI=1S/C19H29N3O6S/c1-15-5-4-8-20(12-15)13-16(23)14-28-19-7-6-17(11-18(19)22(24)25)29(26,27)21-9-2-3-10-21/h6-7,11,15-16,23H,2-5,8-10,12-14H2,1H3/t15-,16+/m1/s1. The van der Waals surface area contributed by atoms with Crippen molar-refractivity contribution in [1.82, 2.24) is 9.21 Å². The van der Waals surface area contributed by atoms with E-state index in [1.54, 1.807) is 0 Å². The maximum absolute atomic E-state index is 12.7. The second-order valence-corrected chi connectivity index (χ2v) is 9.91. The Labute approximate surface area is 171 Å². The number of nitro groups is 1. The molecule has 2 fully saturated rings. The van der Waals surface area contributed by atoms with E-state index in [1.165, 1.54) is 22.9 Å². The molecule has 0 unspecified atom stereocenters. The van der Waals surface area contributed by atoms with Crippen LogP contribution >= 0.6 is 0 Å². The number of likely N-dealkylation sites (tertiary alicyclic amines) is 1. The highest BCUT2D eigenvalue weighted by molar-refractivity contribution is 7.89. The van der Waals surface area contributed by atoms with Crippen LogP contribution in [-0.4, -0.2) is 73.1 Å². The average molecular weight is 428 g/mol. The van der Waals surface area contributed by atoms with Gasteiger partial charge >= 0.3 is 5.69 Å². The maximum atomic E-state index is 12.7. The molecule has 0 aliphatic carbocycles. The molecule has 2 saturated heterocycles. The molecule has 1 N–H and O–H groups in total. The molecule has 0 spiro atoms. The van der Waals surface area contributed by atoms with Crippen LogP contribution in [0.15, 0.2) is 23.1 Å². The van der Waals surface area contributed by atoms with Gasteiger partial charge in [0.1, 0.15) is 12.7 Å². The van der Waals surface area contributed by atoms with E-state index in [4.69, 9.17) is 4.74 Å². The summed E-state index contributed by atoms with van der Waals surface area (Å²) in [4.78, 5) is 12.9. The lowest BCUT2D eigenvalue weighted by atomic mass is 10.0. The van der Waals surface area contributed by atoms with Crippen molar-refractivity contribution >= 4 is 15.7 Å². The topological polar surface area (TPSA) is 113 Å². The van der Waals surface area contributed by atoms with Crippen molar-refractivity contribution in [3.63, 3.8) is 0 Å². The van der Waals surface area contributed by atoms with Crippen molar-refractivity contribution in [3.8, 4) is 5.75 Å². The number of aliphatic hydroxyl groups is 1. The van der Waals surface area contributed by atoms with Gasteiger partial charge in [-0.15, -0.1) is 0 Å². The fourth-order valence-corrected chi connectivity index (χ4v) is 5.53. The summed E-state index contributed by atoms with van der Waals surface area (Å²) in [5.74, 6) is 0.546. The first-order valence-corrected chi connectivity index (χ1v) is 11.5. The van der Waals surface area contributed by atoms with E-state index in [2.05, 4.69) is 11.8 Å². The summed E-state index contributed by atoms with van der Waals surface area (Å²) >= 11 is 0. The Bertz CT molecular complexity index is 825. The van der Waals surface area contributed by atoms with E-state index in [-0.39, 0.29) is 17.3 Å². The Balaban J connectivity index is 1.66. The Morgan fingerprint density at radius 1 is 1.28 bits per heavy atom. The number of hydrogen-bond acceptors (Lipinski definition) is 7. The molecule has 3 rings (SSSR count). The van der Waals surface area contributed by atoms with Gasteiger partial charge < -0.3 is 14.7 Å². The summed E-state index contributed by atoms with van der Waals surface area (Å²) < 4.78 is 32.1. The zero-order valence-electron chi connectivity index (χ0n) is 16.7. The molecule has 9 nitrogen and oxygen atoms in total. The molecule has 0 radical (unpaired) electrons. The van der Waals surface area contributed by atoms with Gasteiger partial charge in [-0.3, -0.25) is 10.1 Å². The molecule has 0 aromatic heterocycles. The van der Waals surface area contributed by atoms with Gasteiger partial charge in [-0.1, -0.05) is 6.92 Å². The van der Waals surface area contributed by atoms with Crippen LogP contribution in [0.5, 0.6) is 5.75 Å². The van der Waals surface area contributed by atoms with Crippen LogP contribution in [0, 0.1) is 16.0 Å². The van der Waals surface area contributed by atoms with E-state index in [0.29, 0.717) is 25.6 Å². The SMILES string of the molecule is C[C@@H]1CCCN(C[C@H](O)COc2ccc(S(=O)(=O)N3CCCC3)cc2[N+](=O)[O-])C1. The van der Waals surface area contributed by atoms with Crippen molar-refractivity contribution in [2.45, 2.75) is 43.6 Å². The highest BCUT2D eigenvalue weighted by Gasteiger charge is 2.30. The third-order valence-electron chi connectivity index (χ3n) is 5.47. The first-order chi connectivity index (χ1) is 13.8. The number of rotatable bonds is 8. The first kappa shape index (κ1) is 21.9. The van der Waals surface area contributed by atoms with Gasteiger partial charge in [0.05, 0.1) is 9.82 Å². The van der Waals surface area contributed by atoms with Gasteiger partial charge in [-0.2, -0.15) is 4.31 Å². The van der Waals surface area contributed by atoms with Crippen LogP contribution in [0.25, 0.3) is 0 Å². The third-order valence-corrected chi connectivity index (χ3v) is 7.37. The zero-order chi connectivity index (χ0) is 21.0. The van der Waals surface area contributed by atoms with Crippen molar-refractivity contribution < 1.29 is 23.2 Å². The maximum Gasteiger partial charge on any atom is 0.312 e. The van der Waals surface area contributed by atoms with E-state index in [1.807, 2.05) is 0 Å². The third kappa shape index (κ3) is 5.44. The van der Waals surface area contributed by atoms with Gasteiger partial charge in [0.2, 0.25) is 10.0 Å². The number of nitrogens with zero attached hydrogens (tertiary/aromatic N) is 3. The molecule has 1 aromatic carbocycles. The van der Waals surface area contributed by atoms with Crippen LogP contribution in [0.1, 0.15) is 32.6 Å². The van der Waals surface area contributed by atoms with Crippen molar-refractivity contribution in [2.24, 2.45) is 5.92 Å². The molecule has 2 aliphatic rings. The number of aliphatic hydroxyl groups excluding tert-OH is 1. The number of benzene rings is 1. The number of hydrogen-bond donors (Lipinski definition) is 1. The highest BCUT2D eigenvalue weighted by atomic mass is 32.2. The van der Waals surface area contributed by atoms with Gasteiger partial charge in [-0.05, 0) is 50.3 Å². The fraction of sp³-hybridized carbons (Fsp3) is 0.684. The number of nitro benzene ring substituents is 1. The predicted octanol–water partition coefficient (Wildman–Crippen LogP) is 1.85. The van der Waals surface area contributed by atoms with E-state index in [0.717, 1.165) is 38.4 Å². The van der Waals surface area contributed by atoms with Crippen LogP contribution in [-0.2, 0) is 10.0 Å². The van der Waals surface area contributed by atoms with Crippen molar-refractivity contribution in [2.75, 3.05) is 39.3 Å². The number of ether oxygens (including phenoxy) is 1. The molecule has 2 aliphatic heterocycles. The smallest absolute Gasteiger partial charge is 0.312 e. The van der Waals surface area contributed by atoms with Crippen LogP contribution in [0.2, 0.25) is 0 Å². The summed E-state index contributed by atoms with van der Waals surface area (Å²) in [5, 5.41) is 21.7. The number of sulfonamides is 1. The monoisotopic (exact) mass is 427 g/mol. The molecule has 0 saturated carbocycles. The van der Waals surface area contributed by atoms with Crippen molar-refractivity contribution in [3.05, 3.63) is 28.3 Å². The molecular formula is C19H29N3O6S. The van der Waals surface area contributed by atoms with Crippen LogP contribution in [0.4, 0.5) is 5.69 Å². The molecule has 29 heavy (non-hydrogen) atoms. The van der Waals surface area contributed by atoms with E-state index >= 15 is 0 Å². The molecule has 162 valence electrons. The second-order valence-electron chi connectivity index (χ2n) is 7.97. The van der Waals surface area contributed by atoms with Gasteiger partial charge in [-0.25, -0.2) is 8.42 Å². The van der Waals surface area contributed by atoms with Crippen LogP contribution in [0.3, 0.4) is 0 Å². The van der Waals surface area contributed by atoms with E-state index < -0.39 is 26.7 Å². The average Bonchev–Trinajstić information content (AvgIpc) is 3.22. The Hall–Kier alpha value is -1.75. The molecule has 2 heterocycles. The number of β-amino-alcohol motifs (C(OH)–C–C–N with tert-alkyl or cyclic N) is 1. The normalized spacial score (nSPS) is 22.5. The Morgan fingerprint density at radius 3 is 2.66 bits per heavy atom. The molecule has 0 bridgehead atoms. The molecule has 10 heteroatoms. The van der Waals surface area contributed by atoms with Gasteiger partial charge in [0, 0.05) is 32.2 Å². The largest absolute Gasteiger partial charge is 0.484 e. The fourth-order valence-electron chi connectivity index (χ4n) is 3.99. The predicted molar refractivity (Wildman–Crippen MR) is 107 cm³/mol. The quantitative estimate of drug-likeness (QED) is 0.497. The minimum atomic E-state index is -3.75. The minimum absolute atomic E-state index is 0.0403. The second kappa shape index (κ2) is 9.38. The Kier molecular flexibility index (Phi) is 7.10. The lowest BCUT2D eigenvalue weighted by Gasteiger charge is -2.32. The van der Waals surface area contributed by atoms with Crippen molar-refractivity contribution in [1.29, 1.82) is 0 Å². The first-order valence-electron chi connectivity index (χ1n) is 10.1.